The first-order chi connectivity index (χ1) is 6.27. The molecule has 3 N–H and O–H groups in total. The smallest absolute Gasteiger partial charge is 0.0693 e. The van der Waals surface area contributed by atoms with Crippen LogP contribution in [0, 0.1) is 0 Å². The van der Waals surface area contributed by atoms with E-state index in [-0.39, 0.29) is 6.04 Å². The Bertz CT molecular complexity index is 250. The highest BCUT2D eigenvalue weighted by Crippen LogP contribution is 2.16. The lowest BCUT2D eigenvalue weighted by atomic mass is 10.1. The molecule has 0 bridgehead atoms. The molecule has 0 aliphatic rings. The Morgan fingerprint density at radius 1 is 1.46 bits per heavy atom. The van der Waals surface area contributed by atoms with E-state index in [1.807, 2.05) is 24.3 Å². The predicted octanol–water partition coefficient (Wildman–Crippen LogP) is 1.60. The molecule has 1 rings (SSSR count). The minimum atomic E-state index is 0.0538. The Morgan fingerprint density at radius 2 is 2.08 bits per heavy atom. The molecule has 72 valence electrons. The number of benzene rings is 1. The number of hydrogen-bond acceptors (Lipinski definition) is 3. The highest BCUT2D eigenvalue weighted by atomic mass is 79.9. The summed E-state index contributed by atoms with van der Waals surface area (Å²) in [6.45, 7) is 0.568. The normalized spacial score (nSPS) is 12.8. The van der Waals surface area contributed by atoms with E-state index in [2.05, 4.69) is 21.4 Å². The second-order valence-corrected chi connectivity index (χ2v) is 3.64. The molecule has 0 radical (unpaired) electrons. The molecule has 0 spiro atoms. The van der Waals surface area contributed by atoms with Crippen LogP contribution in [0.4, 0.5) is 0 Å². The number of nitrogens with two attached hydrogens (primary N) is 1. The summed E-state index contributed by atoms with van der Waals surface area (Å²) >= 11 is 3.37. The topological polar surface area (TPSA) is 47.3 Å². The van der Waals surface area contributed by atoms with Crippen molar-refractivity contribution in [1.82, 2.24) is 5.43 Å². The molecule has 1 unspecified atom stereocenters. The summed E-state index contributed by atoms with van der Waals surface area (Å²) in [5.74, 6) is 5.39. The number of hydrogen-bond donors (Lipinski definition) is 2. The lowest BCUT2D eigenvalue weighted by Gasteiger charge is -2.14. The zero-order valence-corrected chi connectivity index (χ0v) is 9.04. The Hall–Kier alpha value is -0.420. The van der Waals surface area contributed by atoms with E-state index in [0.717, 1.165) is 10.0 Å². The van der Waals surface area contributed by atoms with Gasteiger partial charge in [-0.1, -0.05) is 28.1 Å². The maximum Gasteiger partial charge on any atom is 0.0693 e. The van der Waals surface area contributed by atoms with Crippen LogP contribution in [-0.4, -0.2) is 13.7 Å². The molecule has 0 heterocycles. The van der Waals surface area contributed by atoms with E-state index in [1.54, 1.807) is 7.11 Å². The van der Waals surface area contributed by atoms with Gasteiger partial charge in [0.1, 0.15) is 0 Å². The number of methoxy groups -OCH3 is 1. The van der Waals surface area contributed by atoms with Crippen LogP contribution in [0.3, 0.4) is 0 Å². The van der Waals surface area contributed by atoms with E-state index in [1.165, 1.54) is 0 Å². The summed E-state index contributed by atoms with van der Waals surface area (Å²) in [5, 5.41) is 0. The summed E-state index contributed by atoms with van der Waals surface area (Å²) in [4.78, 5) is 0. The van der Waals surface area contributed by atoms with Gasteiger partial charge in [-0.25, -0.2) is 0 Å². The third-order valence-corrected chi connectivity index (χ3v) is 2.34. The summed E-state index contributed by atoms with van der Waals surface area (Å²) in [6, 6.07) is 8.03. The van der Waals surface area contributed by atoms with Crippen LogP contribution in [-0.2, 0) is 4.74 Å². The van der Waals surface area contributed by atoms with E-state index in [0.29, 0.717) is 6.61 Å². The lowest BCUT2D eigenvalue weighted by molar-refractivity contribution is 0.167. The first kappa shape index (κ1) is 10.7. The van der Waals surface area contributed by atoms with Gasteiger partial charge in [0.2, 0.25) is 0 Å². The zero-order valence-electron chi connectivity index (χ0n) is 7.46. The highest BCUT2D eigenvalue weighted by Gasteiger charge is 2.07. The van der Waals surface area contributed by atoms with Crippen molar-refractivity contribution < 1.29 is 4.74 Å². The molecule has 0 amide bonds. The Morgan fingerprint density at radius 3 is 2.54 bits per heavy atom. The number of rotatable bonds is 4. The second kappa shape index (κ2) is 5.34. The van der Waals surface area contributed by atoms with Crippen molar-refractivity contribution in [2.75, 3.05) is 13.7 Å². The van der Waals surface area contributed by atoms with E-state index in [9.17, 15) is 0 Å². The molecule has 0 saturated carbocycles. The molecule has 1 aromatic carbocycles. The van der Waals surface area contributed by atoms with Crippen LogP contribution in [0.2, 0.25) is 0 Å². The van der Waals surface area contributed by atoms with Gasteiger partial charge in [-0.3, -0.25) is 11.3 Å². The van der Waals surface area contributed by atoms with Crippen molar-refractivity contribution >= 4 is 15.9 Å². The van der Waals surface area contributed by atoms with Crippen molar-refractivity contribution in [2.45, 2.75) is 6.04 Å². The van der Waals surface area contributed by atoms with Gasteiger partial charge in [0.05, 0.1) is 12.6 Å². The van der Waals surface area contributed by atoms with Gasteiger partial charge >= 0.3 is 0 Å². The fourth-order valence-corrected chi connectivity index (χ4v) is 1.37. The first-order valence-corrected chi connectivity index (χ1v) is 4.77. The van der Waals surface area contributed by atoms with E-state index in [4.69, 9.17) is 10.6 Å². The van der Waals surface area contributed by atoms with Crippen molar-refractivity contribution in [3.63, 3.8) is 0 Å². The average Bonchev–Trinajstić information content (AvgIpc) is 2.16. The SMILES string of the molecule is COCC(NN)c1ccc(Br)cc1. The lowest BCUT2D eigenvalue weighted by Crippen LogP contribution is -2.30. The summed E-state index contributed by atoms with van der Waals surface area (Å²) in [7, 11) is 1.66. The molecule has 4 heteroatoms. The van der Waals surface area contributed by atoms with Crippen molar-refractivity contribution in [2.24, 2.45) is 5.84 Å². The van der Waals surface area contributed by atoms with Crippen LogP contribution in [0.1, 0.15) is 11.6 Å². The van der Waals surface area contributed by atoms with Gasteiger partial charge in [0.15, 0.2) is 0 Å². The molecule has 13 heavy (non-hydrogen) atoms. The maximum absolute atomic E-state index is 5.39. The van der Waals surface area contributed by atoms with Crippen LogP contribution < -0.4 is 11.3 Å². The molecule has 1 aromatic rings. The molecule has 0 fully saturated rings. The first-order valence-electron chi connectivity index (χ1n) is 3.98. The zero-order chi connectivity index (χ0) is 9.68. The minimum Gasteiger partial charge on any atom is -0.383 e. The molecule has 3 nitrogen and oxygen atoms in total. The van der Waals surface area contributed by atoms with Gasteiger partial charge in [0, 0.05) is 11.6 Å². The molecule has 0 aromatic heterocycles. The van der Waals surface area contributed by atoms with Crippen LogP contribution in [0.25, 0.3) is 0 Å². The molecule has 1 atom stereocenters. The third-order valence-electron chi connectivity index (χ3n) is 1.81. The monoisotopic (exact) mass is 244 g/mol. The van der Waals surface area contributed by atoms with Crippen LogP contribution in [0.5, 0.6) is 0 Å². The molecular formula is C9H13BrN2O. The van der Waals surface area contributed by atoms with E-state index >= 15 is 0 Å². The number of nitrogens with one attached hydrogen (secondary N) is 1. The second-order valence-electron chi connectivity index (χ2n) is 2.73. The van der Waals surface area contributed by atoms with Gasteiger partial charge in [-0.15, -0.1) is 0 Å². The third kappa shape index (κ3) is 3.08. The predicted molar refractivity (Wildman–Crippen MR) is 56.1 cm³/mol. The Balaban J connectivity index is 2.73. The summed E-state index contributed by atoms with van der Waals surface area (Å²) < 4.78 is 6.08. The average molecular weight is 245 g/mol. The molecule has 0 aliphatic heterocycles. The van der Waals surface area contributed by atoms with Gasteiger partial charge < -0.3 is 4.74 Å². The molecule has 0 saturated heterocycles. The fraction of sp³-hybridized carbons (Fsp3) is 0.333. The standard InChI is InChI=1S/C9H13BrN2O/c1-13-6-9(12-11)7-2-4-8(10)5-3-7/h2-5,9,12H,6,11H2,1H3. The van der Waals surface area contributed by atoms with Crippen LogP contribution >= 0.6 is 15.9 Å². The Labute approximate surface area is 86.4 Å². The van der Waals surface area contributed by atoms with Crippen molar-refractivity contribution in [3.05, 3.63) is 34.3 Å². The maximum atomic E-state index is 5.39. The van der Waals surface area contributed by atoms with Gasteiger partial charge in [-0.05, 0) is 17.7 Å². The highest BCUT2D eigenvalue weighted by molar-refractivity contribution is 9.10. The van der Waals surface area contributed by atoms with Gasteiger partial charge in [-0.2, -0.15) is 0 Å². The number of hydrazine groups is 1. The summed E-state index contributed by atoms with van der Waals surface area (Å²) in [5.41, 5.74) is 3.82. The van der Waals surface area contributed by atoms with Gasteiger partial charge in [0.25, 0.3) is 0 Å². The van der Waals surface area contributed by atoms with Crippen molar-refractivity contribution in [3.8, 4) is 0 Å². The van der Waals surface area contributed by atoms with Crippen molar-refractivity contribution in [1.29, 1.82) is 0 Å². The molecular weight excluding hydrogens is 232 g/mol. The number of ether oxygens (including phenoxy) is 1. The molecule has 0 aliphatic carbocycles. The summed E-state index contributed by atoms with van der Waals surface area (Å²) in [6.07, 6.45) is 0. The van der Waals surface area contributed by atoms with E-state index < -0.39 is 0 Å². The minimum absolute atomic E-state index is 0.0538. The Kier molecular flexibility index (Phi) is 4.38. The fourth-order valence-electron chi connectivity index (χ4n) is 1.10. The van der Waals surface area contributed by atoms with Crippen LogP contribution in [0.15, 0.2) is 28.7 Å². The largest absolute Gasteiger partial charge is 0.383 e. The number of halogens is 1. The quantitative estimate of drug-likeness (QED) is 0.625.